The van der Waals surface area contributed by atoms with E-state index in [4.69, 9.17) is 18.9 Å². The van der Waals surface area contributed by atoms with Crippen molar-refractivity contribution in [2.45, 2.75) is 58.7 Å². The van der Waals surface area contributed by atoms with E-state index in [2.05, 4.69) is 5.32 Å². The summed E-state index contributed by atoms with van der Waals surface area (Å²) in [5.74, 6) is -4.36. The zero-order valence-corrected chi connectivity index (χ0v) is 21.7. The Morgan fingerprint density at radius 1 is 1.08 bits per heavy atom. The van der Waals surface area contributed by atoms with E-state index in [0.29, 0.717) is 24.3 Å². The second-order valence-electron chi connectivity index (χ2n) is 10.7. The van der Waals surface area contributed by atoms with Crippen LogP contribution < -0.4 is 10.1 Å². The highest BCUT2D eigenvalue weighted by Crippen LogP contribution is 2.64. The Kier molecular flexibility index (Phi) is 7.05. The molecule has 1 N–H and O–H groups in total. The minimum absolute atomic E-state index is 0.0149. The number of fused-ring (bicyclic) bond motifs is 3. The van der Waals surface area contributed by atoms with Crippen LogP contribution in [0.5, 0.6) is 5.75 Å². The number of nitrogens with one attached hydrogen (secondary N) is 1. The molecule has 0 aromatic heterocycles. The molecule has 3 fully saturated rings. The normalized spacial score (nSPS) is 34.8. The lowest BCUT2D eigenvalue weighted by Gasteiger charge is -2.60. The number of carbonyl (C=O) groups excluding carboxylic acids is 5. The number of amides is 1. The van der Waals surface area contributed by atoms with Crippen molar-refractivity contribution in [3.05, 3.63) is 24.3 Å². The summed E-state index contributed by atoms with van der Waals surface area (Å²) < 4.78 is 21.3. The molecule has 0 bridgehead atoms. The molecule has 10 nitrogen and oxygen atoms in total. The molecule has 1 aromatic rings. The summed E-state index contributed by atoms with van der Waals surface area (Å²) in [6, 6.07) is 6.85. The minimum Gasteiger partial charge on any atom is -0.495 e. The molecule has 3 aliphatic rings. The maximum atomic E-state index is 13.9. The fourth-order valence-electron chi connectivity index (χ4n) is 6.93. The Morgan fingerprint density at radius 2 is 1.78 bits per heavy atom. The molecular weight excluding hydrogens is 482 g/mol. The number of Topliss-reactive ketones (excluding diaryl/α,β-unsaturated/α-hetero) is 1. The maximum absolute atomic E-state index is 13.9. The molecular formula is C27H33NO9. The zero-order chi connectivity index (χ0) is 27.1. The van der Waals surface area contributed by atoms with Crippen LogP contribution >= 0.6 is 0 Å². The number of hydrogen-bond donors (Lipinski definition) is 1. The monoisotopic (exact) mass is 515 g/mol. The van der Waals surface area contributed by atoms with Gasteiger partial charge in [0.25, 0.3) is 5.91 Å². The number of rotatable bonds is 5. The summed E-state index contributed by atoms with van der Waals surface area (Å²) >= 11 is 0. The number of hydrogen-bond acceptors (Lipinski definition) is 9. The van der Waals surface area contributed by atoms with E-state index in [0.717, 1.165) is 0 Å². The molecule has 10 heteroatoms. The predicted molar refractivity (Wildman–Crippen MR) is 129 cm³/mol. The van der Waals surface area contributed by atoms with Crippen LogP contribution in [0.3, 0.4) is 0 Å². The van der Waals surface area contributed by atoms with E-state index in [9.17, 15) is 24.0 Å². The fraction of sp³-hybridized carbons (Fsp3) is 0.593. The lowest BCUT2D eigenvalue weighted by atomic mass is 9.43. The molecule has 4 rings (SSSR count). The third-order valence-corrected chi connectivity index (χ3v) is 8.55. The quantitative estimate of drug-likeness (QED) is 0.464. The molecule has 7 atom stereocenters. The number of anilines is 1. The molecule has 200 valence electrons. The van der Waals surface area contributed by atoms with Crippen molar-refractivity contribution < 1.29 is 42.9 Å². The van der Waals surface area contributed by atoms with Crippen molar-refractivity contribution >= 4 is 35.3 Å². The molecule has 2 aliphatic carbocycles. The van der Waals surface area contributed by atoms with E-state index in [1.54, 1.807) is 31.2 Å². The van der Waals surface area contributed by atoms with Crippen molar-refractivity contribution in [3.8, 4) is 5.75 Å². The summed E-state index contributed by atoms with van der Waals surface area (Å²) in [5, 5.41) is 2.76. The number of para-hydroxylation sites is 2. The van der Waals surface area contributed by atoms with Gasteiger partial charge in [-0.15, -0.1) is 0 Å². The SMILES string of the molecule is COC(=O)[C@@H]1C[C@H](OC(C)=O)C(=O)[C@H]2[C@@]1(C)CC[C@H]1C(=O)O[C@H](C(=O)Nc3ccccc3OC)C[C@]21C. The second-order valence-corrected chi connectivity index (χ2v) is 10.7. The number of ether oxygens (including phenoxy) is 4. The summed E-state index contributed by atoms with van der Waals surface area (Å²) in [4.78, 5) is 65.1. The first-order valence-corrected chi connectivity index (χ1v) is 12.4. The van der Waals surface area contributed by atoms with Gasteiger partial charge in [0.2, 0.25) is 0 Å². The topological polar surface area (TPSA) is 134 Å². The second kappa shape index (κ2) is 9.79. The van der Waals surface area contributed by atoms with Crippen molar-refractivity contribution in [3.63, 3.8) is 0 Å². The highest BCUT2D eigenvalue weighted by Gasteiger charge is 2.68. The van der Waals surface area contributed by atoms with E-state index in [1.165, 1.54) is 21.1 Å². The van der Waals surface area contributed by atoms with Gasteiger partial charge >= 0.3 is 17.9 Å². The van der Waals surface area contributed by atoms with E-state index in [1.807, 2.05) is 6.92 Å². The largest absolute Gasteiger partial charge is 0.495 e. The lowest BCUT2D eigenvalue weighted by molar-refractivity contribution is -0.209. The van der Waals surface area contributed by atoms with Gasteiger partial charge in [0.15, 0.2) is 18.0 Å². The maximum Gasteiger partial charge on any atom is 0.310 e. The van der Waals surface area contributed by atoms with Crippen LogP contribution in [0.4, 0.5) is 5.69 Å². The van der Waals surface area contributed by atoms with Crippen LogP contribution in [0.25, 0.3) is 0 Å². The van der Waals surface area contributed by atoms with E-state index < -0.39 is 64.6 Å². The van der Waals surface area contributed by atoms with Gasteiger partial charge in [-0.3, -0.25) is 24.0 Å². The molecule has 1 saturated heterocycles. The molecule has 1 heterocycles. The summed E-state index contributed by atoms with van der Waals surface area (Å²) in [7, 11) is 2.76. The average Bonchev–Trinajstić information content (AvgIpc) is 2.84. The van der Waals surface area contributed by atoms with Crippen LogP contribution in [0.2, 0.25) is 0 Å². The number of cyclic esters (lactones) is 1. The highest BCUT2D eigenvalue weighted by atomic mass is 16.6. The molecule has 0 radical (unpaired) electrons. The van der Waals surface area contributed by atoms with Gasteiger partial charge in [0.1, 0.15) is 5.75 Å². The Labute approximate surface area is 215 Å². The molecule has 1 aromatic carbocycles. The lowest BCUT2D eigenvalue weighted by Crippen LogP contribution is -2.66. The first-order chi connectivity index (χ1) is 17.5. The number of ketones is 1. The minimum atomic E-state index is -1.17. The van der Waals surface area contributed by atoms with Gasteiger partial charge in [0, 0.05) is 25.7 Å². The van der Waals surface area contributed by atoms with Crippen LogP contribution in [-0.4, -0.2) is 56.0 Å². The molecule has 2 saturated carbocycles. The number of methoxy groups -OCH3 is 2. The molecule has 0 unspecified atom stereocenters. The number of benzene rings is 1. The molecule has 37 heavy (non-hydrogen) atoms. The van der Waals surface area contributed by atoms with Crippen molar-refractivity contribution in [1.29, 1.82) is 0 Å². The van der Waals surface area contributed by atoms with Crippen molar-refractivity contribution in [2.75, 3.05) is 19.5 Å². The van der Waals surface area contributed by atoms with Crippen molar-refractivity contribution in [1.82, 2.24) is 0 Å². The van der Waals surface area contributed by atoms with Crippen LogP contribution in [-0.2, 0) is 38.2 Å². The zero-order valence-electron chi connectivity index (χ0n) is 21.7. The van der Waals surface area contributed by atoms with E-state index >= 15 is 0 Å². The fourth-order valence-corrected chi connectivity index (χ4v) is 6.93. The third kappa shape index (κ3) is 4.46. The van der Waals surface area contributed by atoms with Gasteiger partial charge in [-0.25, -0.2) is 0 Å². The van der Waals surface area contributed by atoms with Gasteiger partial charge in [-0.1, -0.05) is 26.0 Å². The smallest absolute Gasteiger partial charge is 0.310 e. The third-order valence-electron chi connectivity index (χ3n) is 8.55. The van der Waals surface area contributed by atoms with Crippen molar-refractivity contribution in [2.24, 2.45) is 28.6 Å². The summed E-state index contributed by atoms with van der Waals surface area (Å²) in [5.41, 5.74) is -1.46. The molecule has 1 aliphatic heterocycles. The molecule has 0 spiro atoms. The van der Waals surface area contributed by atoms with Crippen LogP contribution in [0.15, 0.2) is 24.3 Å². The van der Waals surface area contributed by atoms with Gasteiger partial charge < -0.3 is 24.3 Å². The number of esters is 3. The first-order valence-electron chi connectivity index (χ1n) is 12.4. The Hall–Kier alpha value is -3.43. The van der Waals surface area contributed by atoms with Gasteiger partial charge in [-0.05, 0) is 35.8 Å². The predicted octanol–water partition coefficient (Wildman–Crippen LogP) is 2.68. The van der Waals surface area contributed by atoms with Gasteiger partial charge in [-0.2, -0.15) is 0 Å². The first kappa shape index (κ1) is 26.6. The highest BCUT2D eigenvalue weighted by molar-refractivity contribution is 5.98. The molecule has 1 amide bonds. The Bertz CT molecular complexity index is 1130. The van der Waals surface area contributed by atoms with Gasteiger partial charge in [0.05, 0.1) is 31.7 Å². The van der Waals surface area contributed by atoms with E-state index in [-0.39, 0.29) is 18.6 Å². The van der Waals surface area contributed by atoms with Crippen LogP contribution in [0.1, 0.15) is 46.5 Å². The standard InChI is InChI=1S/C27H33NO9/c1-14(29)36-19-12-16(24(32)35-5)26(2)11-10-15-25(33)37-20(13-27(15,3)22(26)21(19)30)23(31)28-17-8-6-7-9-18(17)34-4/h6-9,15-16,19-20,22H,10-13H2,1-5H3,(H,28,31)/t15-,16-,19-,20-,22-,26-,27-/m0/s1. The van der Waals surface area contributed by atoms with Crippen LogP contribution in [0, 0.1) is 28.6 Å². The summed E-state index contributed by atoms with van der Waals surface area (Å²) in [6.45, 7) is 4.86. The number of carbonyl (C=O) groups is 5. The Balaban J connectivity index is 1.71. The average molecular weight is 516 g/mol. The Morgan fingerprint density at radius 3 is 2.43 bits per heavy atom. The summed E-state index contributed by atoms with van der Waals surface area (Å²) in [6.07, 6.45) is -1.43.